The van der Waals surface area contributed by atoms with E-state index in [9.17, 15) is 0 Å². The Labute approximate surface area is 223 Å². The number of para-hydroxylation sites is 3. The van der Waals surface area contributed by atoms with Crippen molar-refractivity contribution in [1.29, 1.82) is 0 Å². The van der Waals surface area contributed by atoms with E-state index < -0.39 is 6.04 Å². The van der Waals surface area contributed by atoms with Gasteiger partial charge in [-0.25, -0.2) is 0 Å². The maximum Gasteiger partial charge on any atom is 0.136 e. The first-order valence-corrected chi connectivity index (χ1v) is 15.4. The Hall–Kier alpha value is -3.65. The molecule has 0 bridgehead atoms. The van der Waals surface area contributed by atoms with Crippen molar-refractivity contribution in [2.45, 2.75) is 19.3 Å². The van der Waals surface area contributed by atoms with Gasteiger partial charge < -0.3 is 9.64 Å². The van der Waals surface area contributed by atoms with E-state index in [0.717, 1.165) is 27.8 Å². The second-order valence-corrected chi connectivity index (χ2v) is 14.5. The third-order valence-corrected chi connectivity index (χ3v) is 12.6. The minimum absolute atomic E-state index is 0.0985. The highest BCUT2D eigenvalue weighted by molar-refractivity contribution is 8.25. The topological polar surface area (TPSA) is 12.5 Å². The summed E-state index contributed by atoms with van der Waals surface area (Å²) < 4.78 is 6.45. The molecule has 0 aliphatic carbocycles. The lowest BCUT2D eigenvalue weighted by Crippen LogP contribution is -2.32. The summed E-state index contributed by atoms with van der Waals surface area (Å²) in [6, 6.07) is 40.6. The van der Waals surface area contributed by atoms with Gasteiger partial charge in [0.05, 0.1) is 11.4 Å². The van der Waals surface area contributed by atoms with Crippen molar-refractivity contribution in [2.75, 3.05) is 4.90 Å². The van der Waals surface area contributed by atoms with Crippen LogP contribution < -0.4 is 25.6 Å². The second-order valence-electron chi connectivity index (χ2n) is 10.2. The summed E-state index contributed by atoms with van der Waals surface area (Å²) in [5, 5.41) is 3.39. The second kappa shape index (κ2) is 8.18. The number of benzene rings is 5. The molecule has 7 rings (SSSR count). The third-order valence-electron chi connectivity index (χ3n) is 7.72. The van der Waals surface area contributed by atoms with Crippen molar-refractivity contribution in [3.8, 4) is 11.5 Å². The lowest BCUT2D eigenvalue weighted by Gasteiger charge is -2.42. The Bertz CT molecular complexity index is 1680. The summed E-state index contributed by atoms with van der Waals surface area (Å²) in [5.41, 5.74) is 6.04. The number of nitrogens with zero attached hydrogens (tertiary/aromatic N) is 1. The van der Waals surface area contributed by atoms with Crippen molar-refractivity contribution < 1.29 is 4.74 Å². The van der Waals surface area contributed by atoms with Gasteiger partial charge in [0, 0.05) is 27.7 Å². The molecule has 2 heterocycles. The molecule has 2 aliphatic rings. The minimum atomic E-state index is -2.34. The van der Waals surface area contributed by atoms with Gasteiger partial charge in [0.25, 0.3) is 0 Å². The molecular weight excluding hydrogens is 489 g/mol. The van der Waals surface area contributed by atoms with Gasteiger partial charge in [-0.2, -0.15) is 0 Å². The van der Waals surface area contributed by atoms with Crippen LogP contribution in [0.4, 0.5) is 17.1 Å². The average Bonchev–Trinajstić information content (AvgIpc) is 2.94. The summed E-state index contributed by atoms with van der Waals surface area (Å²) in [5.74, 6) is 1.72. The standard InChI is InChI=1S/C33H26NOPS/c1-33(2)25-14-6-8-16-27(25)34(28-17-9-7-15-26(28)33)23-20-21-30-32(22-23)36(37,24-12-4-3-5-13-24)31-19-11-10-18-29(31)35-30/h3-22H,1-2H3. The van der Waals surface area contributed by atoms with E-state index in [4.69, 9.17) is 16.5 Å². The zero-order valence-electron chi connectivity index (χ0n) is 20.8. The van der Waals surface area contributed by atoms with Crippen LogP contribution in [-0.4, -0.2) is 0 Å². The number of hydrogen-bond donors (Lipinski definition) is 0. The van der Waals surface area contributed by atoms with E-state index >= 15 is 0 Å². The van der Waals surface area contributed by atoms with Gasteiger partial charge in [-0.15, -0.1) is 0 Å². The predicted octanol–water partition coefficient (Wildman–Crippen LogP) is 7.66. The molecule has 1 unspecified atom stereocenters. The predicted molar refractivity (Wildman–Crippen MR) is 159 cm³/mol. The number of anilines is 3. The third kappa shape index (κ3) is 3.21. The molecule has 0 amide bonds. The lowest BCUT2D eigenvalue weighted by atomic mass is 9.73. The van der Waals surface area contributed by atoms with Crippen LogP contribution in [0.15, 0.2) is 121 Å². The molecule has 0 saturated carbocycles. The molecule has 0 radical (unpaired) electrons. The quantitative estimate of drug-likeness (QED) is 0.220. The van der Waals surface area contributed by atoms with Gasteiger partial charge in [-0.3, -0.25) is 0 Å². The van der Waals surface area contributed by atoms with Crippen LogP contribution in [0.5, 0.6) is 11.5 Å². The molecule has 37 heavy (non-hydrogen) atoms. The summed E-state index contributed by atoms with van der Waals surface area (Å²) >= 11 is 6.70. The van der Waals surface area contributed by atoms with Crippen LogP contribution in [0.2, 0.25) is 0 Å². The van der Waals surface area contributed by atoms with Gasteiger partial charge in [0.1, 0.15) is 11.5 Å². The fourth-order valence-corrected chi connectivity index (χ4v) is 10.0. The highest BCUT2D eigenvalue weighted by Crippen LogP contribution is 2.55. The van der Waals surface area contributed by atoms with Crippen LogP contribution in [0.1, 0.15) is 25.0 Å². The normalized spacial score (nSPS) is 18.6. The SMILES string of the molecule is CC1(C)c2ccccc2N(c2ccc3c(c2)P(=S)(c2ccccc2)c2ccccc2O3)c2ccccc21. The Balaban J connectivity index is 1.50. The highest BCUT2D eigenvalue weighted by Gasteiger charge is 2.39. The molecule has 180 valence electrons. The Kier molecular flexibility index (Phi) is 4.98. The highest BCUT2D eigenvalue weighted by atomic mass is 32.4. The number of fused-ring (bicyclic) bond motifs is 4. The van der Waals surface area contributed by atoms with Gasteiger partial charge in [-0.1, -0.05) is 105 Å². The smallest absolute Gasteiger partial charge is 0.136 e. The van der Waals surface area contributed by atoms with Gasteiger partial charge in [0.15, 0.2) is 0 Å². The van der Waals surface area contributed by atoms with E-state index in [2.05, 4.69) is 128 Å². The maximum absolute atomic E-state index is 6.70. The Morgan fingerprint density at radius 1 is 0.622 bits per heavy atom. The van der Waals surface area contributed by atoms with E-state index in [1.807, 2.05) is 12.1 Å². The largest absolute Gasteiger partial charge is 0.456 e. The van der Waals surface area contributed by atoms with Gasteiger partial charge >= 0.3 is 0 Å². The van der Waals surface area contributed by atoms with Crippen molar-refractivity contribution in [3.05, 3.63) is 132 Å². The lowest BCUT2D eigenvalue weighted by molar-refractivity contribution is 0.488. The fourth-order valence-electron chi connectivity index (χ4n) is 5.89. The fraction of sp³-hybridized carbons (Fsp3) is 0.0909. The van der Waals surface area contributed by atoms with E-state index in [-0.39, 0.29) is 5.41 Å². The number of ether oxygens (including phenoxy) is 1. The zero-order chi connectivity index (χ0) is 25.2. The van der Waals surface area contributed by atoms with Crippen LogP contribution in [0, 0.1) is 0 Å². The molecule has 0 saturated heterocycles. The molecule has 0 N–H and O–H groups in total. The monoisotopic (exact) mass is 515 g/mol. The van der Waals surface area contributed by atoms with Gasteiger partial charge in [0.2, 0.25) is 0 Å². The molecule has 0 aromatic heterocycles. The number of hydrogen-bond acceptors (Lipinski definition) is 3. The van der Waals surface area contributed by atoms with Gasteiger partial charge in [-0.05, 0) is 58.9 Å². The molecule has 2 aliphatic heterocycles. The molecule has 4 heteroatoms. The molecule has 0 spiro atoms. The summed E-state index contributed by atoms with van der Waals surface area (Å²) in [6.45, 7) is 4.63. The van der Waals surface area contributed by atoms with Crippen molar-refractivity contribution in [3.63, 3.8) is 0 Å². The molecular formula is C33H26NOPS. The summed E-state index contributed by atoms with van der Waals surface area (Å²) in [7, 11) is 0. The summed E-state index contributed by atoms with van der Waals surface area (Å²) in [4.78, 5) is 2.39. The van der Waals surface area contributed by atoms with Crippen LogP contribution in [-0.2, 0) is 17.2 Å². The van der Waals surface area contributed by atoms with E-state index in [0.29, 0.717) is 0 Å². The van der Waals surface area contributed by atoms with Crippen molar-refractivity contribution in [2.24, 2.45) is 0 Å². The summed E-state index contributed by atoms with van der Waals surface area (Å²) in [6.07, 6.45) is 0. The average molecular weight is 516 g/mol. The van der Waals surface area contributed by atoms with Crippen molar-refractivity contribution >= 4 is 50.8 Å². The first kappa shape index (κ1) is 22.5. The van der Waals surface area contributed by atoms with E-state index in [1.165, 1.54) is 27.8 Å². The Morgan fingerprint density at radius 2 is 1.19 bits per heavy atom. The minimum Gasteiger partial charge on any atom is -0.456 e. The number of rotatable bonds is 2. The molecule has 5 aromatic rings. The Morgan fingerprint density at radius 3 is 1.89 bits per heavy atom. The first-order valence-electron chi connectivity index (χ1n) is 12.6. The van der Waals surface area contributed by atoms with Crippen molar-refractivity contribution in [1.82, 2.24) is 0 Å². The zero-order valence-corrected chi connectivity index (χ0v) is 22.5. The maximum atomic E-state index is 6.70. The van der Waals surface area contributed by atoms with E-state index in [1.54, 1.807) is 0 Å². The molecule has 5 aromatic carbocycles. The van der Waals surface area contributed by atoms with Crippen LogP contribution in [0.25, 0.3) is 0 Å². The van der Waals surface area contributed by atoms with Crippen LogP contribution in [0.3, 0.4) is 0 Å². The first-order chi connectivity index (χ1) is 18.0. The van der Waals surface area contributed by atoms with Crippen LogP contribution >= 0.6 is 6.04 Å². The molecule has 0 fully saturated rings. The molecule has 2 nitrogen and oxygen atoms in total. The molecule has 1 atom stereocenters.